The van der Waals surface area contributed by atoms with Crippen LogP contribution >= 0.6 is 0 Å². The van der Waals surface area contributed by atoms with Crippen LogP contribution in [-0.2, 0) is 0 Å². The Labute approximate surface area is 90.6 Å². The Kier molecular flexibility index (Phi) is 3.48. The van der Waals surface area contributed by atoms with Crippen LogP contribution in [0, 0.1) is 5.92 Å². The lowest BCUT2D eigenvalue weighted by molar-refractivity contribution is 0.345. The SMILES string of the molecule is Nc1[nH]ncc1NCCC1CCCCC1. The summed E-state index contributed by atoms with van der Waals surface area (Å²) in [4.78, 5) is 0. The molecule has 1 aromatic rings. The number of nitrogen functional groups attached to an aromatic ring is 1. The molecule has 0 aromatic carbocycles. The van der Waals surface area contributed by atoms with Gasteiger partial charge >= 0.3 is 0 Å². The zero-order valence-electron chi connectivity index (χ0n) is 9.13. The van der Waals surface area contributed by atoms with E-state index < -0.39 is 0 Å². The number of hydrogen-bond acceptors (Lipinski definition) is 3. The molecule has 15 heavy (non-hydrogen) atoms. The molecule has 1 aliphatic carbocycles. The quantitative estimate of drug-likeness (QED) is 0.711. The number of nitrogens with zero attached hydrogens (tertiary/aromatic N) is 1. The maximum absolute atomic E-state index is 5.68. The van der Waals surface area contributed by atoms with Gasteiger partial charge in [0.05, 0.1) is 11.9 Å². The van der Waals surface area contributed by atoms with Gasteiger partial charge in [0.2, 0.25) is 0 Å². The molecule has 0 spiro atoms. The number of hydrogen-bond donors (Lipinski definition) is 3. The summed E-state index contributed by atoms with van der Waals surface area (Å²) in [6.45, 7) is 1.01. The van der Waals surface area contributed by atoms with Crippen LogP contribution in [0.3, 0.4) is 0 Å². The van der Waals surface area contributed by atoms with Gasteiger partial charge < -0.3 is 11.1 Å². The molecule has 4 heteroatoms. The van der Waals surface area contributed by atoms with E-state index in [0.717, 1.165) is 18.2 Å². The van der Waals surface area contributed by atoms with Gasteiger partial charge in [-0.15, -0.1) is 0 Å². The van der Waals surface area contributed by atoms with E-state index in [1.165, 1.54) is 38.5 Å². The van der Waals surface area contributed by atoms with Crippen molar-refractivity contribution in [3.05, 3.63) is 6.20 Å². The molecule has 0 amide bonds. The first-order chi connectivity index (χ1) is 7.36. The smallest absolute Gasteiger partial charge is 0.142 e. The summed E-state index contributed by atoms with van der Waals surface area (Å²) in [6.07, 6.45) is 10.1. The van der Waals surface area contributed by atoms with Crippen LogP contribution in [0.4, 0.5) is 11.5 Å². The van der Waals surface area contributed by atoms with Gasteiger partial charge in [-0.2, -0.15) is 5.10 Å². The average Bonchev–Trinajstić information content (AvgIpc) is 2.66. The Morgan fingerprint density at radius 1 is 1.40 bits per heavy atom. The number of nitrogens with one attached hydrogen (secondary N) is 2. The number of anilines is 2. The number of aromatic nitrogens is 2. The molecule has 0 aliphatic heterocycles. The van der Waals surface area contributed by atoms with E-state index in [4.69, 9.17) is 5.73 Å². The number of H-pyrrole nitrogens is 1. The van der Waals surface area contributed by atoms with Gasteiger partial charge in [0.15, 0.2) is 0 Å². The summed E-state index contributed by atoms with van der Waals surface area (Å²) in [5, 5.41) is 9.92. The lowest BCUT2D eigenvalue weighted by Crippen LogP contribution is -2.12. The van der Waals surface area contributed by atoms with Gasteiger partial charge in [-0.05, 0) is 12.3 Å². The Bertz CT molecular complexity index is 289. The second kappa shape index (κ2) is 5.05. The summed E-state index contributed by atoms with van der Waals surface area (Å²) in [6, 6.07) is 0. The molecule has 4 N–H and O–H groups in total. The monoisotopic (exact) mass is 208 g/mol. The fraction of sp³-hybridized carbons (Fsp3) is 0.727. The minimum atomic E-state index is 0.638. The molecule has 1 aromatic heterocycles. The van der Waals surface area contributed by atoms with Crippen LogP contribution in [-0.4, -0.2) is 16.7 Å². The first kappa shape index (κ1) is 10.3. The average molecular weight is 208 g/mol. The maximum Gasteiger partial charge on any atom is 0.142 e. The summed E-state index contributed by atoms with van der Waals surface area (Å²) >= 11 is 0. The molecule has 2 rings (SSSR count). The molecule has 0 radical (unpaired) electrons. The van der Waals surface area contributed by atoms with Crippen molar-refractivity contribution >= 4 is 11.5 Å². The predicted molar refractivity (Wildman–Crippen MR) is 62.7 cm³/mol. The molecule has 0 bridgehead atoms. The third-order valence-electron chi connectivity index (χ3n) is 3.26. The van der Waals surface area contributed by atoms with Crippen molar-refractivity contribution in [2.75, 3.05) is 17.6 Å². The van der Waals surface area contributed by atoms with Crippen molar-refractivity contribution in [3.63, 3.8) is 0 Å². The topological polar surface area (TPSA) is 66.7 Å². The van der Waals surface area contributed by atoms with Crippen LogP contribution in [0.2, 0.25) is 0 Å². The van der Waals surface area contributed by atoms with Crippen LogP contribution in [0.25, 0.3) is 0 Å². The van der Waals surface area contributed by atoms with E-state index in [1.807, 2.05) is 0 Å². The molecule has 1 aliphatic rings. The first-order valence-electron chi connectivity index (χ1n) is 5.89. The Morgan fingerprint density at radius 3 is 2.87 bits per heavy atom. The van der Waals surface area contributed by atoms with E-state index >= 15 is 0 Å². The standard InChI is InChI=1S/C11H20N4/c12-11-10(8-14-15-11)13-7-6-9-4-2-1-3-5-9/h8-9,13H,1-7H2,(H3,12,14,15). The number of nitrogens with two attached hydrogens (primary N) is 1. The second-order valence-electron chi connectivity index (χ2n) is 4.42. The van der Waals surface area contributed by atoms with Crippen LogP contribution in [0.1, 0.15) is 38.5 Å². The third-order valence-corrected chi connectivity index (χ3v) is 3.26. The van der Waals surface area contributed by atoms with Crippen molar-refractivity contribution in [2.45, 2.75) is 38.5 Å². The Hall–Kier alpha value is -1.19. The van der Waals surface area contributed by atoms with E-state index in [-0.39, 0.29) is 0 Å². The maximum atomic E-state index is 5.68. The molecule has 4 nitrogen and oxygen atoms in total. The molecular weight excluding hydrogens is 188 g/mol. The van der Waals surface area contributed by atoms with Crippen molar-refractivity contribution in [1.82, 2.24) is 10.2 Å². The van der Waals surface area contributed by atoms with Gasteiger partial charge in [-0.3, -0.25) is 5.10 Å². The van der Waals surface area contributed by atoms with Crippen molar-refractivity contribution in [1.29, 1.82) is 0 Å². The highest BCUT2D eigenvalue weighted by molar-refractivity contribution is 5.59. The number of aromatic amines is 1. The largest absolute Gasteiger partial charge is 0.382 e. The van der Waals surface area contributed by atoms with Crippen LogP contribution < -0.4 is 11.1 Å². The highest BCUT2D eigenvalue weighted by Gasteiger charge is 2.12. The van der Waals surface area contributed by atoms with E-state index in [2.05, 4.69) is 15.5 Å². The summed E-state index contributed by atoms with van der Waals surface area (Å²) < 4.78 is 0. The van der Waals surface area contributed by atoms with E-state index in [0.29, 0.717) is 5.82 Å². The molecular formula is C11H20N4. The number of rotatable bonds is 4. The highest BCUT2D eigenvalue weighted by atomic mass is 15.2. The summed E-state index contributed by atoms with van der Waals surface area (Å²) in [7, 11) is 0. The third kappa shape index (κ3) is 2.88. The first-order valence-corrected chi connectivity index (χ1v) is 5.89. The van der Waals surface area contributed by atoms with Crippen molar-refractivity contribution in [3.8, 4) is 0 Å². The minimum Gasteiger partial charge on any atom is -0.382 e. The zero-order chi connectivity index (χ0) is 10.5. The fourth-order valence-corrected chi connectivity index (χ4v) is 2.32. The Morgan fingerprint density at radius 2 is 2.20 bits per heavy atom. The normalized spacial score (nSPS) is 17.9. The van der Waals surface area contributed by atoms with E-state index in [9.17, 15) is 0 Å². The molecule has 84 valence electrons. The lowest BCUT2D eigenvalue weighted by atomic mass is 9.87. The molecule has 1 saturated carbocycles. The predicted octanol–water partition coefficient (Wildman–Crippen LogP) is 2.37. The van der Waals surface area contributed by atoms with Gasteiger partial charge in [0, 0.05) is 6.54 Å². The second-order valence-corrected chi connectivity index (χ2v) is 4.42. The minimum absolute atomic E-state index is 0.638. The van der Waals surface area contributed by atoms with Crippen molar-refractivity contribution in [2.24, 2.45) is 5.92 Å². The molecule has 1 fully saturated rings. The van der Waals surface area contributed by atoms with Crippen LogP contribution in [0.5, 0.6) is 0 Å². The van der Waals surface area contributed by atoms with Gasteiger partial charge in [-0.1, -0.05) is 32.1 Å². The molecule has 0 unspecified atom stereocenters. The van der Waals surface area contributed by atoms with Crippen LogP contribution in [0.15, 0.2) is 6.20 Å². The van der Waals surface area contributed by atoms with Gasteiger partial charge in [-0.25, -0.2) is 0 Å². The molecule has 0 atom stereocenters. The summed E-state index contributed by atoms with van der Waals surface area (Å²) in [5.41, 5.74) is 6.62. The molecule has 0 saturated heterocycles. The molecule has 1 heterocycles. The Balaban J connectivity index is 1.68. The zero-order valence-corrected chi connectivity index (χ0v) is 9.13. The highest BCUT2D eigenvalue weighted by Crippen LogP contribution is 2.26. The lowest BCUT2D eigenvalue weighted by Gasteiger charge is -2.21. The van der Waals surface area contributed by atoms with Crippen molar-refractivity contribution < 1.29 is 0 Å². The summed E-state index contributed by atoms with van der Waals surface area (Å²) in [5.74, 6) is 1.55. The fourth-order valence-electron chi connectivity index (χ4n) is 2.32. The van der Waals surface area contributed by atoms with E-state index in [1.54, 1.807) is 6.20 Å². The van der Waals surface area contributed by atoms with Gasteiger partial charge in [0.1, 0.15) is 5.82 Å². The van der Waals surface area contributed by atoms with Gasteiger partial charge in [0.25, 0.3) is 0 Å².